The highest BCUT2D eigenvalue weighted by Crippen LogP contribution is 2.34. The molecule has 4 N–H and O–H groups in total. The molecule has 0 saturated carbocycles. The molecule has 4 aromatic heterocycles. The molecule has 2 aliphatic heterocycles. The van der Waals surface area contributed by atoms with E-state index in [0.29, 0.717) is 34.8 Å². The molecule has 16 nitrogen and oxygen atoms in total. The van der Waals surface area contributed by atoms with Gasteiger partial charge < -0.3 is 29.6 Å². The molecule has 7 aromatic rings. The maximum atomic E-state index is 15.8. The van der Waals surface area contributed by atoms with Crippen LogP contribution in [0.4, 0.5) is 18.9 Å². The number of aryl methyl sites for hydroxylation is 2. The van der Waals surface area contributed by atoms with Crippen LogP contribution in [0.5, 0.6) is 5.75 Å². The monoisotopic (exact) mass is 1010 g/mol. The van der Waals surface area contributed by atoms with Gasteiger partial charge in [0.1, 0.15) is 35.2 Å². The molecule has 6 heterocycles. The Morgan fingerprint density at radius 2 is 1.76 bits per heavy atom. The van der Waals surface area contributed by atoms with Crippen LogP contribution in [0.2, 0.25) is 0 Å². The van der Waals surface area contributed by atoms with Crippen LogP contribution in [-0.4, -0.2) is 105 Å². The third kappa shape index (κ3) is 10.4. The molecule has 2 saturated heterocycles. The van der Waals surface area contributed by atoms with Crippen LogP contribution < -0.4 is 14.8 Å². The quantitative estimate of drug-likeness (QED) is 0.0508. The minimum atomic E-state index is -4.39. The Hall–Kier alpha value is -6.94. The number of thiazole rings is 1. The summed E-state index contributed by atoms with van der Waals surface area (Å²) in [4.78, 5) is 55.9. The molecule has 3 aromatic carbocycles. The summed E-state index contributed by atoms with van der Waals surface area (Å²) in [7, 11) is -4.39. The maximum absolute atomic E-state index is 15.8. The summed E-state index contributed by atoms with van der Waals surface area (Å²) in [5, 5.41) is 18.0. The Bertz CT molecular complexity index is 3220. The predicted octanol–water partition coefficient (Wildman–Crippen LogP) is 7.95. The third-order valence-electron chi connectivity index (χ3n) is 12.8. The van der Waals surface area contributed by atoms with Gasteiger partial charge in [-0.15, -0.1) is 11.3 Å². The van der Waals surface area contributed by atoms with Gasteiger partial charge in [-0.2, -0.15) is 12.7 Å². The third-order valence-corrected chi connectivity index (χ3v) is 15.3. The highest BCUT2D eigenvalue weighted by molar-refractivity contribution is 7.90. The summed E-state index contributed by atoms with van der Waals surface area (Å²) in [5.41, 5.74) is 4.97. The number of β-amino-alcohol motifs (C(OH)–C–C–N with tert-alkyl or cyclic N) is 1. The average Bonchev–Trinajstić information content (AvgIpc) is 4.22. The van der Waals surface area contributed by atoms with Crippen molar-refractivity contribution in [3.8, 4) is 27.3 Å². The van der Waals surface area contributed by atoms with E-state index in [1.165, 1.54) is 11.1 Å². The minimum absolute atomic E-state index is 0.0199. The van der Waals surface area contributed by atoms with Crippen LogP contribution in [0, 0.1) is 25.5 Å². The minimum Gasteiger partial charge on any atom is -0.494 e. The summed E-state index contributed by atoms with van der Waals surface area (Å²) < 4.78 is 84.8. The van der Waals surface area contributed by atoms with Crippen LogP contribution in [0.15, 0.2) is 95.2 Å². The predicted molar refractivity (Wildman–Crippen MR) is 259 cm³/mol. The smallest absolute Gasteiger partial charge is 0.301 e. The molecule has 0 aliphatic carbocycles. The van der Waals surface area contributed by atoms with E-state index in [9.17, 15) is 32.3 Å². The van der Waals surface area contributed by atoms with Gasteiger partial charge in [-0.25, -0.2) is 23.1 Å². The SMILES string of the molecule is Cc1cc(C(CCCOc2ccc(-c3cnc4[nH]cc(C(=O)c5c(F)ccc(NS(=O)(=O)N6CC[C@@H](F)C6)c5F)c4c3)cc2)C(=O)N2CC(O)CC2C(=O)NC(C)c2ccc(-c3scnc3C)cc2)on1. The lowest BCUT2D eigenvalue weighted by molar-refractivity contribution is -0.140. The molecule has 4 unspecified atom stereocenters. The van der Waals surface area contributed by atoms with Crippen LogP contribution in [0.1, 0.15) is 83.2 Å². The number of aliphatic hydroxyl groups is 1. The number of pyridine rings is 1. The Labute approximate surface area is 410 Å². The number of fused-ring (bicyclic) bond motifs is 1. The lowest BCUT2D eigenvalue weighted by Gasteiger charge is -2.28. The Kier molecular flexibility index (Phi) is 14.1. The van der Waals surface area contributed by atoms with E-state index < -0.39 is 69.7 Å². The van der Waals surface area contributed by atoms with Crippen LogP contribution >= 0.6 is 11.3 Å². The van der Waals surface area contributed by atoms with Gasteiger partial charge in [-0.1, -0.05) is 41.6 Å². The number of hydrogen-bond acceptors (Lipinski definition) is 12. The largest absolute Gasteiger partial charge is 0.494 e. The average molecular weight is 1010 g/mol. The van der Waals surface area contributed by atoms with Gasteiger partial charge in [0, 0.05) is 61.0 Å². The number of carbonyl (C=O) groups is 3. The highest BCUT2D eigenvalue weighted by Gasteiger charge is 2.43. The molecule has 2 amide bonds. The Balaban J connectivity index is 0.833. The van der Waals surface area contributed by atoms with Crippen molar-refractivity contribution in [2.45, 2.75) is 76.7 Å². The van der Waals surface area contributed by atoms with Crippen molar-refractivity contribution >= 4 is 55.9 Å². The number of ether oxygens (including phenoxy) is 1. The van der Waals surface area contributed by atoms with Gasteiger partial charge in [-0.05, 0) is 87.1 Å². The second-order valence-corrected chi connectivity index (χ2v) is 20.3. The van der Waals surface area contributed by atoms with E-state index in [0.717, 1.165) is 38.1 Å². The molecular formula is C50H49F3N8O8S2. The number of amides is 2. The van der Waals surface area contributed by atoms with Gasteiger partial charge in [-0.3, -0.25) is 19.1 Å². The standard InChI is InChI=1S/C50H49F3N8O8S2/c1-27-19-43(69-58-27)37(50(65)61-25-35(62)21-42(61)49(64)57-28(2)30-6-8-32(9-7-30)47-29(3)56-26-70-47)5-4-18-68-36-12-10-31(11-13-36)33-20-38-39(23-55-48(38)54-22-33)46(63)44-40(52)14-15-41(45(44)53)59-71(66,67)60-17-16-34(51)24-60/h6-15,19-20,22-23,26,28,34-35,37,42,59,62H,4-5,16-18,21,24-25H2,1-3H3,(H,54,55)(H,57,64)/t28?,34-,35?,37?,42?/m1/s1. The van der Waals surface area contributed by atoms with E-state index in [1.54, 1.807) is 66.4 Å². The number of nitrogens with one attached hydrogen (secondary N) is 3. The van der Waals surface area contributed by atoms with Crippen LogP contribution in [-0.2, 0) is 19.8 Å². The van der Waals surface area contributed by atoms with Crippen molar-refractivity contribution in [3.63, 3.8) is 0 Å². The van der Waals surface area contributed by atoms with Crippen molar-refractivity contribution in [1.82, 2.24) is 34.6 Å². The first kappa shape index (κ1) is 49.1. The first-order valence-corrected chi connectivity index (χ1v) is 25.2. The van der Waals surface area contributed by atoms with Crippen molar-refractivity contribution in [1.29, 1.82) is 0 Å². The number of aliphatic hydroxyl groups excluding tert-OH is 1. The van der Waals surface area contributed by atoms with Crippen molar-refractivity contribution in [3.05, 3.63) is 136 Å². The summed E-state index contributed by atoms with van der Waals surface area (Å²) in [6.07, 6.45) is 1.29. The van der Waals surface area contributed by atoms with Crippen molar-refractivity contribution < 1.29 is 50.3 Å². The van der Waals surface area contributed by atoms with Gasteiger partial charge in [0.2, 0.25) is 17.6 Å². The number of carbonyl (C=O) groups excluding carboxylic acids is 3. The van der Waals surface area contributed by atoms with E-state index >= 15 is 8.78 Å². The number of ketones is 1. The van der Waals surface area contributed by atoms with E-state index in [1.807, 2.05) is 42.8 Å². The fraction of sp³-hybridized carbons (Fsp3) is 0.320. The molecule has 0 spiro atoms. The molecule has 0 bridgehead atoms. The first-order valence-electron chi connectivity index (χ1n) is 22.9. The fourth-order valence-corrected chi connectivity index (χ4v) is 11.1. The van der Waals surface area contributed by atoms with E-state index in [2.05, 4.69) is 25.4 Å². The number of hydrogen-bond donors (Lipinski definition) is 4. The first-order chi connectivity index (χ1) is 34.0. The van der Waals surface area contributed by atoms with Gasteiger partial charge >= 0.3 is 10.2 Å². The van der Waals surface area contributed by atoms with E-state index in [4.69, 9.17) is 9.26 Å². The van der Waals surface area contributed by atoms with Crippen molar-refractivity contribution in [2.75, 3.05) is 31.0 Å². The van der Waals surface area contributed by atoms with Crippen LogP contribution in [0.3, 0.4) is 0 Å². The number of benzene rings is 3. The molecule has 71 heavy (non-hydrogen) atoms. The number of nitrogens with zero attached hydrogens (tertiary/aromatic N) is 5. The summed E-state index contributed by atoms with van der Waals surface area (Å²) in [5.74, 6) is -4.42. The molecule has 9 rings (SSSR count). The molecule has 21 heteroatoms. The second kappa shape index (κ2) is 20.4. The normalized spacial score (nSPS) is 18.2. The summed E-state index contributed by atoms with van der Waals surface area (Å²) in [6, 6.07) is 18.5. The topological polar surface area (TPSA) is 213 Å². The summed E-state index contributed by atoms with van der Waals surface area (Å²) in [6.45, 7) is 5.22. The number of alkyl halides is 1. The van der Waals surface area contributed by atoms with Gasteiger partial charge in [0.15, 0.2) is 5.82 Å². The zero-order valence-corrected chi connectivity index (χ0v) is 40.3. The zero-order valence-electron chi connectivity index (χ0n) is 38.7. The fourth-order valence-electron chi connectivity index (χ4n) is 8.99. The number of likely N-dealkylation sites (tertiary alicyclic amines) is 1. The van der Waals surface area contributed by atoms with Gasteiger partial charge in [0.05, 0.1) is 57.7 Å². The molecular weight excluding hydrogens is 962 g/mol. The molecule has 0 radical (unpaired) electrons. The molecule has 5 atom stereocenters. The zero-order chi connectivity index (χ0) is 50.1. The molecule has 370 valence electrons. The number of rotatable bonds is 17. The number of halogens is 3. The van der Waals surface area contributed by atoms with E-state index in [-0.39, 0.29) is 73.4 Å². The summed E-state index contributed by atoms with van der Waals surface area (Å²) >= 11 is 1.56. The van der Waals surface area contributed by atoms with Crippen LogP contribution in [0.25, 0.3) is 32.6 Å². The van der Waals surface area contributed by atoms with Gasteiger partial charge in [0.25, 0.3) is 0 Å². The number of aromatic amines is 1. The molecule has 2 aliphatic rings. The Morgan fingerprint density at radius 1 is 1.00 bits per heavy atom. The lowest BCUT2D eigenvalue weighted by Crippen LogP contribution is -2.48. The Morgan fingerprint density at radius 3 is 2.45 bits per heavy atom. The second-order valence-electron chi connectivity index (χ2n) is 17.7. The number of anilines is 1. The molecule has 2 fully saturated rings. The van der Waals surface area contributed by atoms with Crippen molar-refractivity contribution in [2.24, 2.45) is 0 Å². The number of aromatic nitrogens is 4. The highest BCUT2D eigenvalue weighted by atomic mass is 32.2. The number of H-pyrrole nitrogens is 1. The lowest BCUT2D eigenvalue weighted by atomic mass is 9.97. The maximum Gasteiger partial charge on any atom is 0.301 e.